The minimum atomic E-state index is -5.06. The number of nitrogens with zero attached hydrogens (tertiary/aromatic N) is 5. The van der Waals surface area contributed by atoms with Gasteiger partial charge in [0.15, 0.2) is 27.9 Å². The Morgan fingerprint density at radius 1 is 0.717 bits per heavy atom. The van der Waals surface area contributed by atoms with Gasteiger partial charge in [0, 0.05) is 22.1 Å². The SMILES string of the molecule is O=S(=O)(O)c1cccc(Nc2nc(Cl)nc(Nc3ccc4cc(SOOO)c(N=Nc5ccc6cc(S(=O)(=O)CCOSOOO)ccc6c5S(=O)(=O)O)c(O)c4c3)n2)c1. The molecule has 29 heteroatoms. The van der Waals surface area contributed by atoms with E-state index in [9.17, 15) is 39.5 Å². The van der Waals surface area contributed by atoms with Crippen LogP contribution in [0, 0.1) is 0 Å². The Kier molecular flexibility index (Phi) is 14.0. The number of fused-ring (bicyclic) bond motifs is 2. The number of nitrogens with one attached hydrogen (secondary N) is 2. The number of phenolic OH excluding ortho intramolecular Hbond substituents is 1. The van der Waals surface area contributed by atoms with Gasteiger partial charge in [-0.3, -0.25) is 13.3 Å². The fraction of sp³-hybridized carbons (Fsp3) is 0.0645. The van der Waals surface area contributed by atoms with Gasteiger partial charge in [0.05, 0.1) is 39.1 Å². The lowest BCUT2D eigenvalue weighted by Gasteiger charge is -2.12. The van der Waals surface area contributed by atoms with Crippen molar-refractivity contribution in [2.75, 3.05) is 23.0 Å². The Balaban J connectivity index is 1.33. The van der Waals surface area contributed by atoms with Crippen LogP contribution in [0.2, 0.25) is 5.28 Å². The average molecular weight is 946 g/mol. The molecule has 23 nitrogen and oxygen atoms in total. The van der Waals surface area contributed by atoms with Gasteiger partial charge in [-0.2, -0.15) is 31.8 Å². The summed E-state index contributed by atoms with van der Waals surface area (Å²) in [6.07, 6.45) is 0. The zero-order valence-corrected chi connectivity index (χ0v) is 34.1. The molecule has 0 saturated carbocycles. The lowest BCUT2D eigenvalue weighted by Crippen LogP contribution is -2.11. The number of benzene rings is 5. The zero-order valence-electron chi connectivity index (χ0n) is 29.3. The number of aromatic nitrogens is 3. The van der Waals surface area contributed by atoms with Crippen LogP contribution in [0.15, 0.2) is 109 Å². The summed E-state index contributed by atoms with van der Waals surface area (Å²) < 4.78 is 107. The molecule has 7 N–H and O–H groups in total. The van der Waals surface area contributed by atoms with Crippen molar-refractivity contribution in [3.05, 3.63) is 84.1 Å². The number of phenols is 1. The number of rotatable bonds is 18. The average Bonchev–Trinajstić information content (AvgIpc) is 3.18. The van der Waals surface area contributed by atoms with E-state index in [2.05, 4.69) is 54.6 Å². The Morgan fingerprint density at radius 2 is 1.40 bits per heavy atom. The van der Waals surface area contributed by atoms with E-state index < -0.39 is 52.2 Å². The first-order valence-electron chi connectivity index (χ1n) is 15.9. The van der Waals surface area contributed by atoms with Crippen molar-refractivity contribution in [1.29, 1.82) is 0 Å². The van der Waals surface area contributed by atoms with Crippen molar-refractivity contribution in [3.8, 4) is 5.75 Å². The molecule has 0 aliphatic heterocycles. The topological polar surface area (TPSA) is 337 Å². The molecule has 0 amide bonds. The fourth-order valence-electron chi connectivity index (χ4n) is 5.33. The molecule has 0 aliphatic carbocycles. The Morgan fingerprint density at radius 3 is 2.08 bits per heavy atom. The van der Waals surface area contributed by atoms with E-state index in [4.69, 9.17) is 26.3 Å². The molecule has 0 aliphatic rings. The molecule has 316 valence electrons. The zero-order chi connectivity index (χ0) is 43.2. The number of azo groups is 1. The smallest absolute Gasteiger partial charge is 0.297 e. The fourth-order valence-corrected chi connectivity index (χ4v) is 8.79. The van der Waals surface area contributed by atoms with E-state index in [0.717, 1.165) is 30.3 Å². The molecule has 1 aromatic heterocycles. The van der Waals surface area contributed by atoms with E-state index in [1.807, 2.05) is 0 Å². The van der Waals surface area contributed by atoms with Gasteiger partial charge < -0.3 is 15.7 Å². The molecule has 0 spiro atoms. The second kappa shape index (κ2) is 18.8. The van der Waals surface area contributed by atoms with Crippen LogP contribution in [0.25, 0.3) is 21.5 Å². The summed E-state index contributed by atoms with van der Waals surface area (Å²) in [5, 5.41) is 49.4. The summed E-state index contributed by atoms with van der Waals surface area (Å²) in [5.41, 5.74) is -0.293. The summed E-state index contributed by atoms with van der Waals surface area (Å²) in [6.45, 7) is -0.382. The molecule has 0 atom stereocenters. The van der Waals surface area contributed by atoms with Gasteiger partial charge in [0.2, 0.25) is 17.2 Å². The summed E-state index contributed by atoms with van der Waals surface area (Å²) in [5.74, 6) is -1.30. The van der Waals surface area contributed by atoms with Gasteiger partial charge in [-0.15, -0.1) is 18.9 Å². The Hall–Kier alpha value is -4.89. The molecule has 60 heavy (non-hydrogen) atoms. The van der Waals surface area contributed by atoms with Crippen LogP contribution in [0.1, 0.15) is 0 Å². The van der Waals surface area contributed by atoms with Gasteiger partial charge in [0.1, 0.15) is 16.3 Å². The summed E-state index contributed by atoms with van der Waals surface area (Å²) in [7, 11) is -13.6. The van der Waals surface area contributed by atoms with Crippen LogP contribution in [-0.2, 0) is 53.0 Å². The van der Waals surface area contributed by atoms with Crippen molar-refractivity contribution in [3.63, 3.8) is 0 Å². The predicted molar refractivity (Wildman–Crippen MR) is 212 cm³/mol. The van der Waals surface area contributed by atoms with E-state index in [1.165, 1.54) is 36.4 Å². The first kappa shape index (κ1) is 44.7. The third-order valence-corrected chi connectivity index (χ3v) is 12.4. The van der Waals surface area contributed by atoms with Gasteiger partial charge in [-0.25, -0.2) is 18.9 Å². The molecule has 0 unspecified atom stereocenters. The van der Waals surface area contributed by atoms with Gasteiger partial charge in [-0.05, 0) is 77.0 Å². The second-order valence-corrected chi connectivity index (χ2v) is 18.0. The third kappa shape index (κ3) is 10.9. The third-order valence-electron chi connectivity index (χ3n) is 7.80. The Labute approximate surface area is 351 Å². The highest BCUT2D eigenvalue weighted by molar-refractivity contribution is 7.94. The van der Waals surface area contributed by atoms with E-state index in [1.54, 1.807) is 12.1 Å². The number of sulfone groups is 1. The molecule has 0 bridgehead atoms. The number of hydrogen-bond donors (Lipinski definition) is 7. The minimum Gasteiger partial charge on any atom is -0.505 e. The van der Waals surface area contributed by atoms with Crippen LogP contribution in [-0.4, -0.2) is 77.3 Å². The maximum atomic E-state index is 12.9. The quantitative estimate of drug-likeness (QED) is 0.0112. The van der Waals surface area contributed by atoms with Crippen LogP contribution in [0.5, 0.6) is 5.75 Å². The highest BCUT2D eigenvalue weighted by Gasteiger charge is 2.23. The lowest BCUT2D eigenvalue weighted by molar-refractivity contribution is -0.434. The van der Waals surface area contributed by atoms with Crippen LogP contribution in [0.4, 0.5) is 34.6 Å². The lowest BCUT2D eigenvalue weighted by atomic mass is 10.1. The minimum absolute atomic E-state index is 0.00147. The van der Waals surface area contributed by atoms with E-state index >= 15 is 0 Å². The standard InChI is InChI=1S/C31H24ClN7O16S5/c32-29-35-30(33-18-2-1-3-21(14-18)59(45,46)47)37-31(36-29)34-19-6-4-17-13-25(56-54-52-41)26(27(40)23(17)15-19)39-38-24-9-5-16-12-20(7-8-22(16)28(24)60(48,49)50)58(43,44)11-10-51-57-55-53-42/h1-9,12-15,40-42H,10-11H2,(H,45,46,47)(H,48,49,50)(H2,33,34,35,36,37). The molecule has 6 rings (SSSR count). The molecule has 0 saturated heterocycles. The largest absolute Gasteiger partial charge is 0.505 e. The predicted octanol–water partition coefficient (Wildman–Crippen LogP) is 7.14. The number of anilines is 4. The van der Waals surface area contributed by atoms with E-state index in [0.29, 0.717) is 17.4 Å². The molecule has 1 heterocycles. The van der Waals surface area contributed by atoms with Crippen LogP contribution in [0.3, 0.4) is 0 Å². The van der Waals surface area contributed by atoms with Crippen molar-refractivity contribution in [2.45, 2.75) is 19.6 Å². The monoisotopic (exact) mass is 945 g/mol. The summed E-state index contributed by atoms with van der Waals surface area (Å²) in [4.78, 5) is 10.9. The molecule has 6 aromatic rings. The molecule has 0 fully saturated rings. The summed E-state index contributed by atoms with van der Waals surface area (Å²) in [6, 6.07) is 17.0. The van der Waals surface area contributed by atoms with Crippen molar-refractivity contribution >= 4 is 122 Å². The van der Waals surface area contributed by atoms with Crippen LogP contribution >= 0.6 is 36.0 Å². The first-order chi connectivity index (χ1) is 28.5. The number of hydrogen-bond acceptors (Lipinski definition) is 23. The van der Waals surface area contributed by atoms with Crippen molar-refractivity contribution < 1.29 is 72.9 Å². The second-order valence-electron chi connectivity index (χ2n) is 11.6. The number of halogens is 1. The number of aromatic hydroxyl groups is 1. The first-order valence-corrected chi connectivity index (χ1v) is 22.2. The highest BCUT2D eigenvalue weighted by atomic mass is 35.5. The van der Waals surface area contributed by atoms with Gasteiger partial charge >= 0.3 is 0 Å². The highest BCUT2D eigenvalue weighted by Crippen LogP contribution is 2.45. The van der Waals surface area contributed by atoms with Crippen molar-refractivity contribution in [1.82, 2.24) is 15.0 Å². The van der Waals surface area contributed by atoms with Crippen LogP contribution < -0.4 is 10.6 Å². The maximum Gasteiger partial charge on any atom is 0.297 e. The maximum absolute atomic E-state index is 12.9. The Bertz CT molecular complexity index is 2970. The molecule has 5 aromatic carbocycles. The summed E-state index contributed by atoms with van der Waals surface area (Å²) >= 11 is 6.70. The molecular weight excluding hydrogens is 922 g/mol. The molecule has 0 radical (unpaired) electrons. The van der Waals surface area contributed by atoms with Gasteiger partial charge in [-0.1, -0.05) is 34.3 Å². The molecular formula is C31H24ClN7O16S5. The van der Waals surface area contributed by atoms with Crippen molar-refractivity contribution in [2.24, 2.45) is 10.2 Å². The van der Waals surface area contributed by atoms with E-state index in [-0.39, 0.29) is 84.0 Å². The van der Waals surface area contributed by atoms with Gasteiger partial charge in [0.25, 0.3) is 20.2 Å². The normalized spacial score (nSPS) is 12.4.